The third-order valence-corrected chi connectivity index (χ3v) is 4.01. The molecule has 2 unspecified atom stereocenters. The molecule has 1 aliphatic heterocycles. The minimum Gasteiger partial charge on any atom is -0.478 e. The Morgan fingerprint density at radius 2 is 1.79 bits per heavy atom. The summed E-state index contributed by atoms with van der Waals surface area (Å²) in [5.74, 6) is -1.80. The Morgan fingerprint density at radius 3 is 2.32 bits per heavy atom. The van der Waals surface area contributed by atoms with Crippen LogP contribution in [0.15, 0.2) is 12.1 Å². The van der Waals surface area contributed by atoms with E-state index in [4.69, 9.17) is 5.11 Å². The number of anilines is 1. The van der Waals surface area contributed by atoms with Gasteiger partial charge in [0.25, 0.3) is 0 Å². The van der Waals surface area contributed by atoms with Gasteiger partial charge < -0.3 is 5.11 Å². The lowest BCUT2D eigenvalue weighted by Crippen LogP contribution is -2.33. The van der Waals surface area contributed by atoms with Crippen molar-refractivity contribution >= 4 is 23.5 Å². The Labute approximate surface area is 109 Å². The molecule has 2 fully saturated rings. The van der Waals surface area contributed by atoms with Crippen molar-refractivity contribution < 1.29 is 19.5 Å². The summed E-state index contributed by atoms with van der Waals surface area (Å²) in [6.07, 6.45) is 0.644. The summed E-state index contributed by atoms with van der Waals surface area (Å²) in [4.78, 5) is 36.3. The summed E-state index contributed by atoms with van der Waals surface area (Å²) in [6, 6.07) is 3.10. The molecular formula is C14H13NO4. The number of amides is 2. The molecule has 5 heteroatoms. The zero-order valence-corrected chi connectivity index (χ0v) is 10.6. The average Bonchev–Trinajstić information content (AvgIpc) is 3.08. The van der Waals surface area contributed by atoms with Crippen LogP contribution in [0.25, 0.3) is 0 Å². The fourth-order valence-electron chi connectivity index (χ4n) is 2.63. The molecule has 1 aromatic carbocycles. The number of benzene rings is 1. The fourth-order valence-corrected chi connectivity index (χ4v) is 2.63. The van der Waals surface area contributed by atoms with E-state index in [2.05, 4.69) is 0 Å². The van der Waals surface area contributed by atoms with Gasteiger partial charge in [-0.25, -0.2) is 4.79 Å². The molecule has 3 rings (SSSR count). The first-order valence-electron chi connectivity index (χ1n) is 6.14. The van der Waals surface area contributed by atoms with E-state index in [0.717, 1.165) is 10.5 Å². The monoisotopic (exact) mass is 259 g/mol. The molecular weight excluding hydrogens is 246 g/mol. The number of nitrogens with zero attached hydrogens (tertiary/aromatic N) is 1. The van der Waals surface area contributed by atoms with Crippen molar-refractivity contribution in [2.45, 2.75) is 20.3 Å². The van der Waals surface area contributed by atoms with Crippen LogP contribution in [0.4, 0.5) is 5.69 Å². The topological polar surface area (TPSA) is 74.7 Å². The molecule has 1 aromatic rings. The van der Waals surface area contributed by atoms with Gasteiger partial charge in [-0.3, -0.25) is 14.5 Å². The maximum atomic E-state index is 12.0. The van der Waals surface area contributed by atoms with E-state index in [1.54, 1.807) is 19.9 Å². The summed E-state index contributed by atoms with van der Waals surface area (Å²) in [6.45, 7) is 3.49. The number of carboxylic acid groups (broad SMARTS) is 1. The second kappa shape index (κ2) is 3.66. The second-order valence-electron chi connectivity index (χ2n) is 5.20. The smallest absolute Gasteiger partial charge is 0.336 e. The molecule has 0 bridgehead atoms. The van der Waals surface area contributed by atoms with Crippen molar-refractivity contribution in [1.29, 1.82) is 0 Å². The number of fused-ring (bicyclic) bond motifs is 1. The molecule has 1 heterocycles. The SMILES string of the molecule is Cc1cc(N2C(=O)C3CC3C2=O)cc(C(=O)O)c1C. The number of carboxylic acids is 1. The van der Waals surface area contributed by atoms with Gasteiger partial charge in [0.2, 0.25) is 11.8 Å². The average molecular weight is 259 g/mol. The number of carbonyl (C=O) groups is 3. The first kappa shape index (κ1) is 11.9. The van der Waals surface area contributed by atoms with Crippen LogP contribution in [0, 0.1) is 25.7 Å². The van der Waals surface area contributed by atoms with E-state index in [0.29, 0.717) is 17.7 Å². The first-order valence-corrected chi connectivity index (χ1v) is 6.14. The molecule has 1 saturated heterocycles. The molecule has 1 N–H and O–H groups in total. The van der Waals surface area contributed by atoms with Gasteiger partial charge in [0.1, 0.15) is 0 Å². The third kappa shape index (κ3) is 1.58. The highest BCUT2D eigenvalue weighted by Crippen LogP contribution is 2.48. The number of aryl methyl sites for hydroxylation is 1. The minimum atomic E-state index is -1.05. The highest BCUT2D eigenvalue weighted by Gasteiger charge is 2.59. The molecule has 0 radical (unpaired) electrons. The Morgan fingerprint density at radius 1 is 1.21 bits per heavy atom. The van der Waals surface area contributed by atoms with Gasteiger partial charge >= 0.3 is 5.97 Å². The Bertz CT molecular complexity index is 615. The van der Waals surface area contributed by atoms with Gasteiger partial charge in [-0.1, -0.05) is 0 Å². The van der Waals surface area contributed by atoms with Crippen molar-refractivity contribution in [2.75, 3.05) is 4.90 Å². The lowest BCUT2D eigenvalue weighted by Gasteiger charge is -2.18. The molecule has 0 aromatic heterocycles. The number of carbonyl (C=O) groups excluding carboxylic acids is 2. The Hall–Kier alpha value is -2.17. The van der Waals surface area contributed by atoms with Crippen LogP contribution in [-0.4, -0.2) is 22.9 Å². The zero-order chi connectivity index (χ0) is 13.9. The Kier molecular flexibility index (Phi) is 2.29. The van der Waals surface area contributed by atoms with Gasteiger partial charge in [-0.2, -0.15) is 0 Å². The standard InChI is InChI=1S/C14H13NO4/c1-6-3-8(4-9(7(6)2)14(18)19)15-12(16)10-5-11(10)13(15)17/h3-4,10-11H,5H2,1-2H3,(H,18,19). The van der Waals surface area contributed by atoms with Gasteiger partial charge in [0.15, 0.2) is 0 Å². The lowest BCUT2D eigenvalue weighted by molar-refractivity contribution is -0.123. The van der Waals surface area contributed by atoms with Crippen molar-refractivity contribution in [3.05, 3.63) is 28.8 Å². The molecule has 2 atom stereocenters. The van der Waals surface area contributed by atoms with Crippen molar-refractivity contribution in [3.63, 3.8) is 0 Å². The summed E-state index contributed by atoms with van der Waals surface area (Å²) in [7, 11) is 0. The van der Waals surface area contributed by atoms with Gasteiger partial charge in [0, 0.05) is 0 Å². The number of hydrogen-bond donors (Lipinski definition) is 1. The second-order valence-corrected chi connectivity index (χ2v) is 5.20. The predicted octanol–water partition coefficient (Wildman–Crippen LogP) is 1.51. The summed E-state index contributed by atoms with van der Waals surface area (Å²) < 4.78 is 0. The molecule has 98 valence electrons. The summed E-state index contributed by atoms with van der Waals surface area (Å²) in [5.41, 5.74) is 1.93. The van der Waals surface area contributed by atoms with E-state index >= 15 is 0 Å². The van der Waals surface area contributed by atoms with Gasteiger partial charge in [-0.15, -0.1) is 0 Å². The van der Waals surface area contributed by atoms with E-state index in [-0.39, 0.29) is 29.2 Å². The molecule has 19 heavy (non-hydrogen) atoms. The lowest BCUT2D eigenvalue weighted by atomic mass is 10.0. The van der Waals surface area contributed by atoms with Crippen LogP contribution in [0.2, 0.25) is 0 Å². The maximum absolute atomic E-state index is 12.0. The van der Waals surface area contributed by atoms with Crippen LogP contribution in [0.3, 0.4) is 0 Å². The molecule has 5 nitrogen and oxygen atoms in total. The largest absolute Gasteiger partial charge is 0.478 e. The van der Waals surface area contributed by atoms with Gasteiger partial charge in [-0.05, 0) is 43.5 Å². The number of imide groups is 1. The predicted molar refractivity (Wildman–Crippen MR) is 67.0 cm³/mol. The molecule has 2 amide bonds. The van der Waals surface area contributed by atoms with Crippen LogP contribution in [0.5, 0.6) is 0 Å². The normalized spacial score (nSPS) is 24.6. The van der Waals surface area contributed by atoms with E-state index in [9.17, 15) is 14.4 Å². The highest BCUT2D eigenvalue weighted by atomic mass is 16.4. The Balaban J connectivity index is 2.09. The van der Waals surface area contributed by atoms with Crippen LogP contribution < -0.4 is 4.90 Å². The van der Waals surface area contributed by atoms with E-state index < -0.39 is 5.97 Å². The van der Waals surface area contributed by atoms with Crippen molar-refractivity contribution in [1.82, 2.24) is 0 Å². The van der Waals surface area contributed by atoms with Crippen molar-refractivity contribution in [3.8, 4) is 0 Å². The number of aromatic carboxylic acids is 1. The number of rotatable bonds is 2. The van der Waals surface area contributed by atoms with Crippen LogP contribution in [0.1, 0.15) is 27.9 Å². The van der Waals surface area contributed by atoms with E-state index in [1.807, 2.05) is 0 Å². The van der Waals surface area contributed by atoms with Crippen LogP contribution >= 0.6 is 0 Å². The number of piperidine rings is 1. The maximum Gasteiger partial charge on any atom is 0.336 e. The number of hydrogen-bond acceptors (Lipinski definition) is 3. The molecule has 2 aliphatic rings. The minimum absolute atomic E-state index is 0.135. The zero-order valence-electron chi connectivity index (χ0n) is 10.6. The quantitative estimate of drug-likeness (QED) is 0.817. The summed E-state index contributed by atoms with van der Waals surface area (Å²) in [5, 5.41) is 9.16. The van der Waals surface area contributed by atoms with Crippen LogP contribution in [-0.2, 0) is 9.59 Å². The summed E-state index contributed by atoms with van der Waals surface area (Å²) >= 11 is 0. The van der Waals surface area contributed by atoms with Gasteiger partial charge in [0.05, 0.1) is 23.1 Å². The van der Waals surface area contributed by atoms with E-state index in [1.165, 1.54) is 6.07 Å². The third-order valence-electron chi connectivity index (χ3n) is 4.01. The molecule has 1 aliphatic carbocycles. The fraction of sp³-hybridized carbons (Fsp3) is 0.357. The molecule has 0 spiro atoms. The highest BCUT2D eigenvalue weighted by molar-refractivity contribution is 6.25. The first-order chi connectivity index (χ1) is 8.91. The van der Waals surface area contributed by atoms with Crippen molar-refractivity contribution in [2.24, 2.45) is 11.8 Å². The molecule has 1 saturated carbocycles.